The van der Waals surface area contributed by atoms with Crippen LogP contribution in [0.4, 0.5) is 5.69 Å². The predicted octanol–water partition coefficient (Wildman–Crippen LogP) is 3.30. The minimum atomic E-state index is -3.64. The number of amides is 1. The number of nitrogens with zero attached hydrogens (tertiary/aromatic N) is 1. The van der Waals surface area contributed by atoms with Crippen LogP contribution in [-0.2, 0) is 24.3 Å². The molecule has 0 atom stereocenters. The van der Waals surface area contributed by atoms with Gasteiger partial charge in [0.15, 0.2) is 6.61 Å². The molecule has 1 amide bonds. The quantitative estimate of drug-likeness (QED) is 0.441. The maximum Gasteiger partial charge on any atom is 0.316 e. The van der Waals surface area contributed by atoms with E-state index in [-0.39, 0.29) is 10.6 Å². The van der Waals surface area contributed by atoms with Crippen molar-refractivity contribution in [2.45, 2.75) is 30.6 Å². The summed E-state index contributed by atoms with van der Waals surface area (Å²) in [5.74, 6) is -0.948. The van der Waals surface area contributed by atoms with E-state index in [4.69, 9.17) is 4.74 Å². The lowest BCUT2D eigenvalue weighted by Gasteiger charge is -2.19. The summed E-state index contributed by atoms with van der Waals surface area (Å²) in [4.78, 5) is 25.1. The molecule has 7 nitrogen and oxygen atoms in total. The number of thioether (sulfide) groups is 1. The average molecular weight is 451 g/mol. The first-order valence-corrected chi connectivity index (χ1v) is 11.9. The summed E-state index contributed by atoms with van der Waals surface area (Å²) in [6.07, 6.45) is 0. The number of anilines is 1. The largest absolute Gasteiger partial charge is 0.455 e. The van der Waals surface area contributed by atoms with E-state index in [2.05, 4.69) is 5.32 Å². The molecule has 0 bridgehead atoms. The molecule has 0 saturated heterocycles. The van der Waals surface area contributed by atoms with Gasteiger partial charge in [0.2, 0.25) is 10.0 Å². The number of aryl methyl sites for hydroxylation is 1. The first-order valence-electron chi connectivity index (χ1n) is 9.52. The molecule has 0 spiro atoms. The van der Waals surface area contributed by atoms with Crippen LogP contribution in [0.3, 0.4) is 0 Å². The molecular weight excluding hydrogens is 424 g/mol. The van der Waals surface area contributed by atoms with Crippen LogP contribution < -0.4 is 5.32 Å². The van der Waals surface area contributed by atoms with Gasteiger partial charge in [-0.1, -0.05) is 38.1 Å². The molecule has 2 rings (SSSR count). The molecule has 0 heterocycles. The molecule has 0 aliphatic heterocycles. The lowest BCUT2D eigenvalue weighted by atomic mass is 10.2. The van der Waals surface area contributed by atoms with E-state index in [9.17, 15) is 18.0 Å². The third kappa shape index (κ3) is 6.58. The van der Waals surface area contributed by atoms with Crippen molar-refractivity contribution in [1.82, 2.24) is 4.31 Å². The van der Waals surface area contributed by atoms with Gasteiger partial charge in [0.05, 0.1) is 10.6 Å². The first-order chi connectivity index (χ1) is 14.3. The van der Waals surface area contributed by atoms with Gasteiger partial charge < -0.3 is 10.1 Å². The highest BCUT2D eigenvalue weighted by Crippen LogP contribution is 2.23. The van der Waals surface area contributed by atoms with E-state index in [1.807, 2.05) is 30.3 Å². The van der Waals surface area contributed by atoms with Crippen molar-refractivity contribution in [2.75, 3.05) is 30.8 Å². The molecule has 2 aromatic carbocycles. The topological polar surface area (TPSA) is 92.8 Å². The van der Waals surface area contributed by atoms with E-state index in [1.165, 1.54) is 28.2 Å². The fourth-order valence-electron chi connectivity index (χ4n) is 2.64. The summed E-state index contributed by atoms with van der Waals surface area (Å²) in [5, 5.41) is 2.62. The van der Waals surface area contributed by atoms with Gasteiger partial charge in [0, 0.05) is 23.7 Å². The number of hydrogen-bond donors (Lipinski definition) is 1. The van der Waals surface area contributed by atoms with Crippen LogP contribution in [0.2, 0.25) is 0 Å². The highest BCUT2D eigenvalue weighted by Gasteiger charge is 2.22. The van der Waals surface area contributed by atoms with E-state index in [0.717, 1.165) is 4.90 Å². The van der Waals surface area contributed by atoms with Gasteiger partial charge in [0.1, 0.15) is 0 Å². The Morgan fingerprint density at radius 1 is 1.07 bits per heavy atom. The average Bonchev–Trinajstić information content (AvgIpc) is 2.73. The molecule has 162 valence electrons. The maximum absolute atomic E-state index is 12.7. The van der Waals surface area contributed by atoms with Crippen LogP contribution in [0.25, 0.3) is 0 Å². The predicted molar refractivity (Wildman–Crippen MR) is 118 cm³/mol. The minimum Gasteiger partial charge on any atom is -0.455 e. The summed E-state index contributed by atoms with van der Waals surface area (Å²) in [6, 6.07) is 14.0. The molecule has 0 saturated carbocycles. The molecule has 0 aliphatic rings. The van der Waals surface area contributed by atoms with Gasteiger partial charge in [-0.15, -0.1) is 11.8 Å². The number of nitrogens with one attached hydrogen (secondary N) is 1. The number of ether oxygens (including phenoxy) is 1. The number of carbonyl (C=O) groups is 2. The number of benzene rings is 2. The van der Waals surface area contributed by atoms with Crippen molar-refractivity contribution < 1.29 is 22.7 Å². The van der Waals surface area contributed by atoms with Crippen molar-refractivity contribution >= 4 is 39.3 Å². The zero-order chi connectivity index (χ0) is 22.1. The zero-order valence-electron chi connectivity index (χ0n) is 17.3. The third-order valence-corrected chi connectivity index (χ3v) is 7.32. The Morgan fingerprint density at radius 3 is 2.37 bits per heavy atom. The molecule has 0 unspecified atom stereocenters. The summed E-state index contributed by atoms with van der Waals surface area (Å²) in [7, 11) is -3.64. The highest BCUT2D eigenvalue weighted by atomic mass is 32.2. The summed E-state index contributed by atoms with van der Waals surface area (Å²) in [5.41, 5.74) is 1.07. The number of rotatable bonds is 10. The van der Waals surface area contributed by atoms with Crippen molar-refractivity contribution in [3.8, 4) is 0 Å². The van der Waals surface area contributed by atoms with Crippen LogP contribution in [0.5, 0.6) is 0 Å². The summed E-state index contributed by atoms with van der Waals surface area (Å²) >= 11 is 1.32. The number of sulfonamides is 1. The fourth-order valence-corrected chi connectivity index (χ4v) is 4.84. The molecule has 0 aromatic heterocycles. The minimum absolute atomic E-state index is 0.0912. The Labute approximate surface area is 181 Å². The maximum atomic E-state index is 12.7. The van der Waals surface area contributed by atoms with Gasteiger partial charge in [-0.25, -0.2) is 8.42 Å². The molecular formula is C21H26N2O5S2. The van der Waals surface area contributed by atoms with Gasteiger partial charge >= 0.3 is 5.97 Å². The summed E-state index contributed by atoms with van der Waals surface area (Å²) in [6.45, 7) is 5.55. The molecule has 1 N–H and O–H groups in total. The number of carbonyl (C=O) groups excluding carboxylic acids is 2. The van der Waals surface area contributed by atoms with Crippen LogP contribution >= 0.6 is 11.8 Å². The lowest BCUT2D eigenvalue weighted by Crippen LogP contribution is -2.30. The van der Waals surface area contributed by atoms with Crippen LogP contribution in [0, 0.1) is 6.92 Å². The highest BCUT2D eigenvalue weighted by molar-refractivity contribution is 8.00. The Morgan fingerprint density at radius 2 is 1.73 bits per heavy atom. The van der Waals surface area contributed by atoms with Crippen LogP contribution in [0.1, 0.15) is 19.4 Å². The fraction of sp³-hybridized carbons (Fsp3) is 0.333. The summed E-state index contributed by atoms with van der Waals surface area (Å²) < 4.78 is 31.7. The standard InChI is InChI=1S/C21H26N2O5S2/c1-4-23(5-2)30(26,27)18-12-11-16(3)19(13-18)22-20(24)14-28-21(25)15-29-17-9-7-6-8-10-17/h6-13H,4-5,14-15H2,1-3H3,(H,22,24). The van der Waals surface area contributed by atoms with Crippen molar-refractivity contribution in [2.24, 2.45) is 0 Å². The Hall–Kier alpha value is -2.36. The Balaban J connectivity index is 1.95. The van der Waals surface area contributed by atoms with Gasteiger partial charge in [-0.2, -0.15) is 4.31 Å². The number of esters is 1. The second-order valence-corrected chi connectivity index (χ2v) is 9.36. The molecule has 9 heteroatoms. The van der Waals surface area contributed by atoms with Crippen LogP contribution in [0.15, 0.2) is 58.3 Å². The second-order valence-electron chi connectivity index (χ2n) is 6.38. The molecule has 0 aliphatic carbocycles. The van der Waals surface area contributed by atoms with Crippen molar-refractivity contribution in [3.63, 3.8) is 0 Å². The van der Waals surface area contributed by atoms with Gasteiger partial charge in [-0.05, 0) is 36.8 Å². The molecule has 0 radical (unpaired) electrons. The van der Waals surface area contributed by atoms with E-state index >= 15 is 0 Å². The monoisotopic (exact) mass is 450 g/mol. The van der Waals surface area contributed by atoms with Gasteiger partial charge in [0.25, 0.3) is 5.91 Å². The lowest BCUT2D eigenvalue weighted by molar-refractivity contribution is -0.144. The van der Waals surface area contributed by atoms with Gasteiger partial charge in [-0.3, -0.25) is 9.59 Å². The zero-order valence-corrected chi connectivity index (χ0v) is 18.9. The van der Waals surface area contributed by atoms with Crippen molar-refractivity contribution in [3.05, 3.63) is 54.1 Å². The smallest absolute Gasteiger partial charge is 0.316 e. The Kier molecular flexibility index (Phi) is 8.88. The number of hydrogen-bond acceptors (Lipinski definition) is 6. The van der Waals surface area contributed by atoms with E-state index in [0.29, 0.717) is 24.3 Å². The normalized spacial score (nSPS) is 11.3. The molecule has 2 aromatic rings. The third-order valence-electron chi connectivity index (χ3n) is 4.29. The first kappa shape index (κ1) is 23.9. The van der Waals surface area contributed by atoms with E-state index < -0.39 is 28.5 Å². The SMILES string of the molecule is CCN(CC)S(=O)(=O)c1ccc(C)c(NC(=O)COC(=O)CSc2ccccc2)c1. The second kappa shape index (κ2) is 11.1. The Bertz CT molecular complexity index is 974. The van der Waals surface area contributed by atoms with Crippen LogP contribution in [-0.4, -0.2) is 50.0 Å². The van der Waals surface area contributed by atoms with Crippen molar-refractivity contribution in [1.29, 1.82) is 0 Å². The van der Waals surface area contributed by atoms with E-state index in [1.54, 1.807) is 26.8 Å². The molecule has 0 fully saturated rings. The molecule has 30 heavy (non-hydrogen) atoms.